The minimum absolute atomic E-state index is 0.150. The normalized spacial score (nSPS) is 16.4. The van der Waals surface area contributed by atoms with Crippen molar-refractivity contribution in [2.75, 3.05) is 17.7 Å². The Bertz CT molecular complexity index is 941. The maximum absolute atomic E-state index is 12.3. The van der Waals surface area contributed by atoms with Crippen LogP contribution in [0, 0.1) is 0 Å². The van der Waals surface area contributed by atoms with E-state index in [0.29, 0.717) is 17.4 Å². The Kier molecular flexibility index (Phi) is 6.26. The van der Waals surface area contributed by atoms with Gasteiger partial charge in [0.2, 0.25) is 5.91 Å². The average Bonchev–Trinajstić information content (AvgIpc) is 3.44. The second kappa shape index (κ2) is 9.04. The first-order chi connectivity index (χ1) is 13.7. The molecule has 0 spiro atoms. The van der Waals surface area contributed by atoms with Crippen molar-refractivity contribution in [3.05, 3.63) is 41.0 Å². The lowest BCUT2D eigenvalue weighted by atomic mass is 10.2. The van der Waals surface area contributed by atoms with Crippen LogP contribution in [0.4, 0.5) is 5.69 Å². The van der Waals surface area contributed by atoms with Gasteiger partial charge < -0.3 is 10.1 Å². The maximum atomic E-state index is 12.3. The molecule has 1 unspecified atom stereocenters. The Balaban J connectivity index is 1.47. The molecule has 1 saturated heterocycles. The molecule has 1 fully saturated rings. The molecule has 1 N–H and O–H groups in total. The number of ether oxygens (including phenoxy) is 1. The van der Waals surface area contributed by atoms with Crippen molar-refractivity contribution in [3.63, 3.8) is 0 Å². The summed E-state index contributed by atoms with van der Waals surface area (Å²) in [5.74, 6) is 0.826. The molecule has 1 aliphatic rings. The molecule has 1 amide bonds. The number of carbonyl (C=O) groups excluding carboxylic acids is 1. The summed E-state index contributed by atoms with van der Waals surface area (Å²) in [7, 11) is 0. The predicted molar refractivity (Wildman–Crippen MR) is 111 cm³/mol. The quantitative estimate of drug-likeness (QED) is 0.446. The molecule has 1 atom stereocenters. The van der Waals surface area contributed by atoms with Gasteiger partial charge in [-0.05, 0) is 36.4 Å². The fourth-order valence-corrected chi connectivity index (χ4v) is 4.57. The van der Waals surface area contributed by atoms with Crippen molar-refractivity contribution in [1.82, 2.24) is 19.7 Å². The second-order valence-electron chi connectivity index (χ2n) is 6.21. The minimum atomic E-state index is -0.177. The summed E-state index contributed by atoms with van der Waals surface area (Å²) in [5, 5.41) is 14.4. The van der Waals surface area contributed by atoms with Crippen LogP contribution in [-0.4, -0.2) is 44.1 Å². The molecule has 146 valence electrons. The van der Waals surface area contributed by atoms with E-state index in [4.69, 9.17) is 16.3 Å². The van der Waals surface area contributed by atoms with Gasteiger partial charge in [-0.3, -0.25) is 9.36 Å². The zero-order valence-electron chi connectivity index (χ0n) is 14.9. The number of nitrogens with one attached hydrogen (secondary N) is 1. The molecule has 10 heteroatoms. The highest BCUT2D eigenvalue weighted by molar-refractivity contribution is 7.99. The first-order valence-electron chi connectivity index (χ1n) is 8.82. The highest BCUT2D eigenvalue weighted by Gasteiger charge is 2.22. The van der Waals surface area contributed by atoms with E-state index in [1.54, 1.807) is 29.7 Å². The first kappa shape index (κ1) is 19.4. The van der Waals surface area contributed by atoms with Crippen LogP contribution in [0.5, 0.6) is 0 Å². The molecule has 1 aliphatic heterocycles. The van der Waals surface area contributed by atoms with Gasteiger partial charge in [0.15, 0.2) is 16.1 Å². The third-order valence-electron chi connectivity index (χ3n) is 4.23. The van der Waals surface area contributed by atoms with Gasteiger partial charge in [0.25, 0.3) is 0 Å². The molecule has 3 aromatic heterocycles. The van der Waals surface area contributed by atoms with E-state index in [9.17, 15) is 4.79 Å². The zero-order chi connectivity index (χ0) is 19.3. The van der Waals surface area contributed by atoms with Gasteiger partial charge in [-0.25, -0.2) is 4.98 Å². The molecule has 28 heavy (non-hydrogen) atoms. The van der Waals surface area contributed by atoms with Crippen LogP contribution in [0.15, 0.2) is 41.0 Å². The largest absolute Gasteiger partial charge is 0.376 e. The molecule has 0 aromatic carbocycles. The third-order valence-corrected chi connectivity index (χ3v) is 6.37. The summed E-state index contributed by atoms with van der Waals surface area (Å²) < 4.78 is 7.84. The Morgan fingerprint density at radius 1 is 1.39 bits per heavy atom. The van der Waals surface area contributed by atoms with Crippen LogP contribution in [0.1, 0.15) is 12.8 Å². The van der Waals surface area contributed by atoms with Crippen molar-refractivity contribution in [1.29, 1.82) is 0 Å². The molecule has 0 saturated carbocycles. The van der Waals surface area contributed by atoms with E-state index in [0.717, 1.165) is 30.2 Å². The molecule has 7 nitrogen and oxygen atoms in total. The van der Waals surface area contributed by atoms with Crippen LogP contribution < -0.4 is 5.32 Å². The lowest BCUT2D eigenvalue weighted by molar-refractivity contribution is -0.113. The minimum Gasteiger partial charge on any atom is -0.376 e. The Hall–Kier alpha value is -1.94. The molecular weight excluding hydrogens is 418 g/mol. The van der Waals surface area contributed by atoms with Gasteiger partial charge in [0.05, 0.1) is 29.0 Å². The van der Waals surface area contributed by atoms with Crippen LogP contribution >= 0.6 is 34.7 Å². The fourth-order valence-electron chi connectivity index (χ4n) is 2.94. The second-order valence-corrected chi connectivity index (χ2v) is 8.46. The van der Waals surface area contributed by atoms with Crippen molar-refractivity contribution < 1.29 is 9.53 Å². The third kappa shape index (κ3) is 4.54. The van der Waals surface area contributed by atoms with Gasteiger partial charge in [0.1, 0.15) is 0 Å². The van der Waals surface area contributed by atoms with Crippen molar-refractivity contribution in [2.45, 2.75) is 30.6 Å². The van der Waals surface area contributed by atoms with E-state index >= 15 is 0 Å². The topological polar surface area (TPSA) is 81.9 Å². The Labute approximate surface area is 175 Å². The molecule has 0 aliphatic carbocycles. The van der Waals surface area contributed by atoms with Crippen LogP contribution in [-0.2, 0) is 16.1 Å². The number of anilines is 1. The monoisotopic (exact) mass is 435 g/mol. The lowest BCUT2D eigenvalue weighted by Gasteiger charge is -2.14. The van der Waals surface area contributed by atoms with E-state index in [2.05, 4.69) is 25.1 Å². The molecule has 0 radical (unpaired) electrons. The number of halogens is 1. The van der Waals surface area contributed by atoms with Crippen LogP contribution in [0.25, 0.3) is 10.7 Å². The van der Waals surface area contributed by atoms with Crippen molar-refractivity contribution >= 4 is 46.3 Å². The SMILES string of the molecule is O=C(CSc1nnc(-c2cccs2)n1CC1CCCO1)Nc1cccnc1Cl. The maximum Gasteiger partial charge on any atom is 0.234 e. The molecular formula is C18H18ClN5O2S2. The van der Waals surface area contributed by atoms with E-state index < -0.39 is 0 Å². The average molecular weight is 436 g/mol. The number of rotatable bonds is 7. The Morgan fingerprint density at radius 3 is 3.07 bits per heavy atom. The summed E-state index contributed by atoms with van der Waals surface area (Å²) >= 11 is 8.95. The number of amides is 1. The highest BCUT2D eigenvalue weighted by atomic mass is 35.5. The van der Waals surface area contributed by atoms with E-state index in [-0.39, 0.29) is 22.9 Å². The number of hydrogen-bond acceptors (Lipinski definition) is 7. The summed E-state index contributed by atoms with van der Waals surface area (Å²) in [4.78, 5) is 17.3. The summed E-state index contributed by atoms with van der Waals surface area (Å²) in [6.07, 6.45) is 3.81. The van der Waals surface area contributed by atoms with E-state index in [1.165, 1.54) is 11.8 Å². The number of nitrogens with zero attached hydrogens (tertiary/aromatic N) is 4. The number of hydrogen-bond donors (Lipinski definition) is 1. The highest BCUT2D eigenvalue weighted by Crippen LogP contribution is 2.29. The van der Waals surface area contributed by atoms with Crippen LogP contribution in [0.2, 0.25) is 5.15 Å². The standard InChI is InChI=1S/C18H18ClN5O2S2/c19-16-13(5-1-7-20-16)21-15(25)11-28-18-23-22-17(14-6-3-9-27-14)24(18)10-12-4-2-8-26-12/h1,3,5-7,9,12H,2,4,8,10-11H2,(H,21,25). The zero-order valence-corrected chi connectivity index (χ0v) is 17.3. The number of aromatic nitrogens is 4. The van der Waals surface area contributed by atoms with Gasteiger partial charge in [-0.2, -0.15) is 0 Å². The molecule has 0 bridgehead atoms. The molecule has 4 rings (SSSR count). The Morgan fingerprint density at radius 2 is 2.32 bits per heavy atom. The molecule has 3 aromatic rings. The van der Waals surface area contributed by atoms with Crippen LogP contribution in [0.3, 0.4) is 0 Å². The summed E-state index contributed by atoms with van der Waals surface area (Å²) in [6.45, 7) is 1.47. The van der Waals surface area contributed by atoms with Crippen molar-refractivity contribution in [3.8, 4) is 10.7 Å². The summed E-state index contributed by atoms with van der Waals surface area (Å²) in [6, 6.07) is 7.45. The number of thiophene rings is 1. The number of thioether (sulfide) groups is 1. The summed E-state index contributed by atoms with van der Waals surface area (Å²) in [5.41, 5.74) is 0.495. The predicted octanol–water partition coefficient (Wildman–Crippen LogP) is 3.96. The van der Waals surface area contributed by atoms with E-state index in [1.807, 2.05) is 17.5 Å². The fraction of sp³-hybridized carbons (Fsp3) is 0.333. The van der Waals surface area contributed by atoms with Gasteiger partial charge in [-0.1, -0.05) is 29.4 Å². The number of carbonyl (C=O) groups is 1. The lowest BCUT2D eigenvalue weighted by Crippen LogP contribution is -2.18. The van der Waals surface area contributed by atoms with Gasteiger partial charge in [0, 0.05) is 12.8 Å². The number of pyridine rings is 1. The first-order valence-corrected chi connectivity index (χ1v) is 11.1. The molecule has 4 heterocycles. The van der Waals surface area contributed by atoms with Crippen molar-refractivity contribution in [2.24, 2.45) is 0 Å². The van der Waals surface area contributed by atoms with Gasteiger partial charge >= 0.3 is 0 Å². The van der Waals surface area contributed by atoms with Gasteiger partial charge in [-0.15, -0.1) is 21.5 Å². The smallest absolute Gasteiger partial charge is 0.234 e.